The van der Waals surface area contributed by atoms with Gasteiger partial charge in [0.15, 0.2) is 0 Å². The van der Waals surface area contributed by atoms with Gasteiger partial charge in [-0.2, -0.15) is 0 Å². The Kier molecular flexibility index (Phi) is 6.75. The third kappa shape index (κ3) is 6.06. The zero-order valence-corrected chi connectivity index (χ0v) is 16.6. The standard InChI is InChI=1S/C21H39NO2/c1-6-7-8-9-16-10-12-17(13-11-16)19(23)24-18-14-20(2,3)22-21(4,5)15-18/h16-18,22H,6-15H2,1-5H3. The van der Waals surface area contributed by atoms with Crippen molar-refractivity contribution >= 4 is 5.97 Å². The number of carbonyl (C=O) groups is 1. The Hall–Kier alpha value is -0.570. The SMILES string of the molecule is CCCCCC1CCC(C(=O)OC2CC(C)(C)NC(C)(C)C2)CC1. The van der Waals surface area contributed by atoms with Crippen LogP contribution in [0.25, 0.3) is 0 Å². The van der Waals surface area contributed by atoms with E-state index in [-0.39, 0.29) is 29.1 Å². The van der Waals surface area contributed by atoms with Crippen LogP contribution in [-0.2, 0) is 9.53 Å². The summed E-state index contributed by atoms with van der Waals surface area (Å²) in [5, 5.41) is 3.65. The van der Waals surface area contributed by atoms with Gasteiger partial charge in [-0.25, -0.2) is 0 Å². The van der Waals surface area contributed by atoms with Crippen molar-refractivity contribution in [3.63, 3.8) is 0 Å². The number of ether oxygens (including phenoxy) is 1. The Labute approximate surface area is 149 Å². The maximum Gasteiger partial charge on any atom is 0.309 e. The van der Waals surface area contributed by atoms with Crippen LogP contribution < -0.4 is 5.32 Å². The Morgan fingerprint density at radius 2 is 1.58 bits per heavy atom. The molecule has 140 valence electrons. The first-order valence-electron chi connectivity index (χ1n) is 10.2. The van der Waals surface area contributed by atoms with Crippen LogP contribution >= 0.6 is 0 Å². The summed E-state index contributed by atoms with van der Waals surface area (Å²) in [6.45, 7) is 11.1. The molecule has 2 fully saturated rings. The predicted molar refractivity (Wildman–Crippen MR) is 100.0 cm³/mol. The fourth-order valence-electron chi connectivity index (χ4n) is 4.94. The molecule has 2 rings (SSSR count). The van der Waals surface area contributed by atoms with Gasteiger partial charge in [-0.3, -0.25) is 4.79 Å². The summed E-state index contributed by atoms with van der Waals surface area (Å²) in [4.78, 5) is 12.6. The summed E-state index contributed by atoms with van der Waals surface area (Å²) < 4.78 is 5.96. The molecule has 3 nitrogen and oxygen atoms in total. The van der Waals surface area contributed by atoms with E-state index >= 15 is 0 Å². The molecule has 0 aromatic heterocycles. The van der Waals surface area contributed by atoms with Gasteiger partial charge in [0, 0.05) is 23.9 Å². The van der Waals surface area contributed by atoms with Crippen LogP contribution in [0.5, 0.6) is 0 Å². The van der Waals surface area contributed by atoms with Crippen molar-refractivity contribution in [2.45, 2.75) is 116 Å². The van der Waals surface area contributed by atoms with Gasteiger partial charge in [0.2, 0.25) is 0 Å². The van der Waals surface area contributed by atoms with Gasteiger partial charge in [0.05, 0.1) is 5.92 Å². The van der Waals surface area contributed by atoms with Gasteiger partial charge in [0.1, 0.15) is 6.10 Å². The normalized spacial score (nSPS) is 30.0. The summed E-state index contributed by atoms with van der Waals surface area (Å²) in [6.07, 6.45) is 11.7. The smallest absolute Gasteiger partial charge is 0.309 e. The minimum Gasteiger partial charge on any atom is -0.462 e. The molecule has 1 heterocycles. The van der Waals surface area contributed by atoms with Gasteiger partial charge < -0.3 is 10.1 Å². The van der Waals surface area contributed by atoms with Crippen molar-refractivity contribution in [3.05, 3.63) is 0 Å². The van der Waals surface area contributed by atoms with Crippen LogP contribution in [0.1, 0.15) is 98.8 Å². The number of esters is 1. The number of rotatable bonds is 6. The Bertz CT molecular complexity index is 392. The molecule has 1 aliphatic heterocycles. The van der Waals surface area contributed by atoms with Gasteiger partial charge in [0.25, 0.3) is 0 Å². The Morgan fingerprint density at radius 1 is 1.00 bits per heavy atom. The average molecular weight is 338 g/mol. The number of hydrogen-bond donors (Lipinski definition) is 1. The molecule has 2 aliphatic rings. The Balaban J connectivity index is 1.77. The van der Waals surface area contributed by atoms with E-state index in [0.717, 1.165) is 31.6 Å². The molecular formula is C21H39NO2. The minimum atomic E-state index is 0.0314. The zero-order chi connectivity index (χ0) is 17.8. The summed E-state index contributed by atoms with van der Waals surface area (Å²) in [7, 11) is 0. The van der Waals surface area contributed by atoms with Gasteiger partial charge >= 0.3 is 5.97 Å². The highest BCUT2D eigenvalue weighted by molar-refractivity contribution is 5.72. The first kappa shape index (κ1) is 19.8. The van der Waals surface area contributed by atoms with Crippen LogP contribution in [0.2, 0.25) is 0 Å². The fraction of sp³-hybridized carbons (Fsp3) is 0.952. The molecule has 3 heteroatoms. The molecule has 0 amide bonds. The maximum absolute atomic E-state index is 12.6. The quantitative estimate of drug-likeness (QED) is 0.533. The van der Waals surface area contributed by atoms with Crippen LogP contribution in [-0.4, -0.2) is 23.2 Å². The highest BCUT2D eigenvalue weighted by atomic mass is 16.5. The molecule has 24 heavy (non-hydrogen) atoms. The highest BCUT2D eigenvalue weighted by Gasteiger charge is 2.40. The molecule has 0 radical (unpaired) electrons. The third-order valence-electron chi connectivity index (χ3n) is 5.83. The predicted octanol–water partition coefficient (Wildman–Crippen LogP) is 5.23. The molecule has 1 saturated carbocycles. The molecule has 1 N–H and O–H groups in total. The molecule has 0 bridgehead atoms. The third-order valence-corrected chi connectivity index (χ3v) is 5.83. The topological polar surface area (TPSA) is 38.3 Å². The Morgan fingerprint density at radius 3 is 2.12 bits per heavy atom. The molecule has 0 aromatic rings. The van der Waals surface area contributed by atoms with Crippen LogP contribution in [0.15, 0.2) is 0 Å². The van der Waals surface area contributed by atoms with E-state index in [1.807, 2.05) is 0 Å². The van der Waals surface area contributed by atoms with Crippen LogP contribution in [0.3, 0.4) is 0 Å². The van der Waals surface area contributed by atoms with E-state index in [2.05, 4.69) is 39.9 Å². The monoisotopic (exact) mass is 337 g/mol. The van der Waals surface area contributed by atoms with Gasteiger partial charge in [-0.05, 0) is 59.3 Å². The number of hydrogen-bond acceptors (Lipinski definition) is 3. The lowest BCUT2D eigenvalue weighted by molar-refractivity contribution is -0.159. The van der Waals surface area contributed by atoms with E-state index in [1.165, 1.54) is 38.5 Å². The van der Waals surface area contributed by atoms with E-state index in [1.54, 1.807) is 0 Å². The molecule has 0 unspecified atom stereocenters. The van der Waals surface area contributed by atoms with E-state index in [9.17, 15) is 4.79 Å². The zero-order valence-electron chi connectivity index (χ0n) is 16.6. The lowest BCUT2D eigenvalue weighted by Gasteiger charge is -2.46. The number of nitrogens with one attached hydrogen (secondary N) is 1. The maximum atomic E-state index is 12.6. The van der Waals surface area contributed by atoms with Crippen molar-refractivity contribution in [1.29, 1.82) is 0 Å². The average Bonchev–Trinajstić information content (AvgIpc) is 2.44. The summed E-state index contributed by atoms with van der Waals surface area (Å²) in [6, 6.07) is 0. The summed E-state index contributed by atoms with van der Waals surface area (Å²) >= 11 is 0. The number of unbranched alkanes of at least 4 members (excludes halogenated alkanes) is 2. The van der Waals surface area contributed by atoms with Gasteiger partial charge in [-0.1, -0.05) is 32.6 Å². The van der Waals surface area contributed by atoms with Gasteiger partial charge in [-0.15, -0.1) is 0 Å². The second-order valence-electron chi connectivity index (χ2n) is 9.57. The van der Waals surface area contributed by atoms with Crippen molar-refractivity contribution in [1.82, 2.24) is 5.32 Å². The number of piperidine rings is 1. The lowest BCUT2D eigenvalue weighted by Crippen LogP contribution is -2.59. The molecule has 0 atom stereocenters. The van der Waals surface area contributed by atoms with Crippen molar-refractivity contribution in [2.24, 2.45) is 11.8 Å². The number of carbonyl (C=O) groups excluding carboxylic acids is 1. The first-order valence-corrected chi connectivity index (χ1v) is 10.2. The molecular weight excluding hydrogens is 298 g/mol. The van der Waals surface area contributed by atoms with E-state index in [4.69, 9.17) is 4.74 Å². The fourth-order valence-corrected chi connectivity index (χ4v) is 4.94. The van der Waals surface area contributed by atoms with Crippen molar-refractivity contribution in [3.8, 4) is 0 Å². The summed E-state index contributed by atoms with van der Waals surface area (Å²) in [5.74, 6) is 1.06. The minimum absolute atomic E-state index is 0.0314. The van der Waals surface area contributed by atoms with Crippen molar-refractivity contribution < 1.29 is 9.53 Å². The molecule has 0 aromatic carbocycles. The highest BCUT2D eigenvalue weighted by Crippen LogP contribution is 2.35. The van der Waals surface area contributed by atoms with E-state index < -0.39 is 0 Å². The van der Waals surface area contributed by atoms with Crippen molar-refractivity contribution in [2.75, 3.05) is 0 Å². The van der Waals surface area contributed by atoms with Crippen LogP contribution in [0, 0.1) is 11.8 Å². The van der Waals surface area contributed by atoms with Crippen LogP contribution in [0.4, 0.5) is 0 Å². The molecule has 1 aliphatic carbocycles. The summed E-state index contributed by atoms with van der Waals surface area (Å²) in [5.41, 5.74) is 0.0628. The first-order chi connectivity index (χ1) is 11.2. The molecule has 1 saturated heterocycles. The second kappa shape index (κ2) is 8.21. The van der Waals surface area contributed by atoms with E-state index in [0.29, 0.717) is 0 Å². The molecule has 0 spiro atoms. The second-order valence-corrected chi connectivity index (χ2v) is 9.57. The lowest BCUT2D eigenvalue weighted by atomic mass is 9.79. The largest absolute Gasteiger partial charge is 0.462 e.